The largest absolute Gasteiger partial charge is 0.438 e. The zero-order chi connectivity index (χ0) is 12.3. The molecule has 4 nitrogen and oxygen atoms in total. The molecule has 17 heavy (non-hydrogen) atoms. The van der Waals surface area contributed by atoms with Crippen molar-refractivity contribution in [1.29, 1.82) is 0 Å². The molecule has 2 rings (SSSR count). The number of hydrogen-bond acceptors (Lipinski definition) is 4. The van der Waals surface area contributed by atoms with Crippen LogP contribution in [-0.4, -0.2) is 13.8 Å². The van der Waals surface area contributed by atoms with Crippen molar-refractivity contribution in [2.75, 3.05) is 0 Å². The van der Waals surface area contributed by atoms with E-state index in [4.69, 9.17) is 4.74 Å². The number of hydrogen-bond donors (Lipinski definition) is 0. The predicted molar refractivity (Wildman–Crippen MR) is 66.9 cm³/mol. The van der Waals surface area contributed by atoms with E-state index in [1.807, 2.05) is 0 Å². The molecule has 0 unspecified atom stereocenters. The maximum absolute atomic E-state index is 12.6. The minimum atomic E-state index is -0.339. The number of rotatable bonds is 3. The molecule has 0 amide bonds. The Morgan fingerprint density at radius 1 is 1.18 bits per heavy atom. The summed E-state index contributed by atoms with van der Waals surface area (Å²) in [6, 6.07) is 5.53. The summed E-state index contributed by atoms with van der Waals surface area (Å²) in [7, 11) is 0. The highest BCUT2D eigenvalue weighted by Crippen LogP contribution is 2.18. The standard InChI is InChI=1S/C11H6FIN2O2/c12-7-1-3-8(4-2-7)17-10-6-14-9(5-15-10)11(13)16/h1-6H. The van der Waals surface area contributed by atoms with Gasteiger partial charge in [0.2, 0.25) is 9.67 Å². The lowest BCUT2D eigenvalue weighted by molar-refractivity contribution is 0.110. The zero-order valence-corrected chi connectivity index (χ0v) is 10.6. The fourth-order valence-corrected chi connectivity index (χ4v) is 1.37. The number of halogens is 2. The molecule has 0 radical (unpaired) electrons. The second kappa shape index (κ2) is 5.17. The molecule has 0 aliphatic heterocycles. The Morgan fingerprint density at radius 2 is 1.88 bits per heavy atom. The first-order chi connectivity index (χ1) is 8.15. The third-order valence-electron chi connectivity index (χ3n) is 1.87. The molecule has 0 atom stereocenters. The monoisotopic (exact) mass is 344 g/mol. The third-order valence-corrected chi connectivity index (χ3v) is 2.42. The minimum Gasteiger partial charge on any atom is -0.438 e. The summed E-state index contributed by atoms with van der Waals surface area (Å²) in [5.74, 6) is 0.363. The van der Waals surface area contributed by atoms with E-state index in [0.717, 1.165) is 0 Å². The molecule has 0 bridgehead atoms. The van der Waals surface area contributed by atoms with Gasteiger partial charge in [-0.25, -0.2) is 14.4 Å². The number of ether oxygens (including phenoxy) is 1. The van der Waals surface area contributed by atoms with Crippen LogP contribution in [0, 0.1) is 5.82 Å². The fourth-order valence-electron chi connectivity index (χ4n) is 1.09. The molecule has 1 aromatic heterocycles. The lowest BCUT2D eigenvalue weighted by Gasteiger charge is -2.03. The highest BCUT2D eigenvalue weighted by Gasteiger charge is 2.04. The summed E-state index contributed by atoms with van der Waals surface area (Å²) < 4.78 is 17.8. The topological polar surface area (TPSA) is 52.1 Å². The number of carbonyl (C=O) groups is 1. The van der Waals surface area contributed by atoms with Gasteiger partial charge in [-0.2, -0.15) is 0 Å². The van der Waals surface area contributed by atoms with Gasteiger partial charge in [-0.05, 0) is 24.3 Å². The van der Waals surface area contributed by atoms with Gasteiger partial charge in [0, 0.05) is 22.6 Å². The van der Waals surface area contributed by atoms with Crippen LogP contribution >= 0.6 is 22.6 Å². The molecule has 0 fully saturated rings. The predicted octanol–water partition coefficient (Wildman–Crippen LogP) is 2.98. The molecule has 0 saturated carbocycles. The molecule has 1 heterocycles. The van der Waals surface area contributed by atoms with Gasteiger partial charge in [0.15, 0.2) is 0 Å². The molecule has 2 aromatic rings. The first-order valence-electron chi connectivity index (χ1n) is 4.60. The molecule has 6 heteroatoms. The molecule has 0 spiro atoms. The Kier molecular flexibility index (Phi) is 3.62. The van der Waals surface area contributed by atoms with E-state index in [1.165, 1.54) is 36.7 Å². The van der Waals surface area contributed by atoms with Crippen molar-refractivity contribution >= 4 is 26.4 Å². The Hall–Kier alpha value is -1.57. The van der Waals surface area contributed by atoms with Crippen LogP contribution in [0.15, 0.2) is 36.7 Å². The third kappa shape index (κ3) is 3.19. The quantitative estimate of drug-likeness (QED) is 0.635. The molecule has 0 N–H and O–H groups in total. The Balaban J connectivity index is 2.13. The van der Waals surface area contributed by atoms with Gasteiger partial charge >= 0.3 is 0 Å². The number of benzene rings is 1. The SMILES string of the molecule is O=C(I)c1cnc(Oc2ccc(F)cc2)cn1. The normalized spacial score (nSPS) is 10.0. The summed E-state index contributed by atoms with van der Waals surface area (Å²) in [6.45, 7) is 0. The second-order valence-corrected chi connectivity index (χ2v) is 4.05. The maximum atomic E-state index is 12.6. The van der Waals surface area contributed by atoms with Crippen molar-refractivity contribution in [3.05, 3.63) is 48.2 Å². The van der Waals surface area contributed by atoms with Crippen LogP contribution in [0.1, 0.15) is 10.5 Å². The summed E-state index contributed by atoms with van der Waals surface area (Å²) in [5, 5.41) is 0. The van der Waals surface area contributed by atoms with Crippen LogP contribution in [0.25, 0.3) is 0 Å². The Morgan fingerprint density at radius 3 is 2.41 bits per heavy atom. The van der Waals surface area contributed by atoms with Crippen molar-refractivity contribution in [2.24, 2.45) is 0 Å². The van der Waals surface area contributed by atoms with Gasteiger partial charge in [0.25, 0.3) is 0 Å². The highest BCUT2D eigenvalue weighted by atomic mass is 127. The molecule has 1 aromatic carbocycles. The van der Waals surface area contributed by atoms with E-state index in [1.54, 1.807) is 22.6 Å². The van der Waals surface area contributed by atoms with Crippen molar-refractivity contribution in [2.45, 2.75) is 0 Å². The Labute approximate surface area is 110 Å². The lowest BCUT2D eigenvalue weighted by Crippen LogP contribution is -1.96. The average molecular weight is 344 g/mol. The van der Waals surface area contributed by atoms with Crippen LogP contribution < -0.4 is 4.74 Å². The number of aromatic nitrogens is 2. The van der Waals surface area contributed by atoms with E-state index in [9.17, 15) is 9.18 Å². The molecule has 0 saturated heterocycles. The zero-order valence-electron chi connectivity index (χ0n) is 8.43. The van der Waals surface area contributed by atoms with Crippen molar-refractivity contribution in [3.63, 3.8) is 0 Å². The first kappa shape index (κ1) is 11.9. The molecule has 0 aliphatic carbocycles. The van der Waals surface area contributed by atoms with E-state index >= 15 is 0 Å². The van der Waals surface area contributed by atoms with Crippen LogP contribution in [0.5, 0.6) is 11.6 Å². The van der Waals surface area contributed by atoms with Crippen molar-refractivity contribution in [3.8, 4) is 11.6 Å². The highest BCUT2D eigenvalue weighted by molar-refractivity contribution is 14.1. The summed E-state index contributed by atoms with van der Waals surface area (Å²) >= 11 is 1.62. The van der Waals surface area contributed by atoms with E-state index in [-0.39, 0.29) is 21.2 Å². The van der Waals surface area contributed by atoms with Crippen molar-refractivity contribution in [1.82, 2.24) is 9.97 Å². The number of carbonyl (C=O) groups excluding carboxylic acids is 1. The fraction of sp³-hybridized carbons (Fsp3) is 0. The van der Waals surface area contributed by atoms with Gasteiger partial charge in [0.1, 0.15) is 17.3 Å². The summed E-state index contributed by atoms with van der Waals surface area (Å²) in [6.07, 6.45) is 2.67. The smallest absolute Gasteiger partial charge is 0.242 e. The van der Waals surface area contributed by atoms with Gasteiger partial charge in [-0.15, -0.1) is 0 Å². The van der Waals surface area contributed by atoms with Gasteiger partial charge in [-0.1, -0.05) is 0 Å². The first-order valence-corrected chi connectivity index (χ1v) is 5.68. The molecular formula is C11H6FIN2O2. The molecule has 0 aliphatic rings. The summed E-state index contributed by atoms with van der Waals surface area (Å²) in [5.41, 5.74) is 0.261. The van der Waals surface area contributed by atoms with Crippen LogP contribution in [0.4, 0.5) is 4.39 Å². The van der Waals surface area contributed by atoms with Crippen LogP contribution in [0.2, 0.25) is 0 Å². The van der Waals surface area contributed by atoms with E-state index < -0.39 is 0 Å². The van der Waals surface area contributed by atoms with E-state index in [0.29, 0.717) is 5.75 Å². The maximum Gasteiger partial charge on any atom is 0.242 e. The Bertz CT molecular complexity index is 528. The van der Waals surface area contributed by atoms with E-state index in [2.05, 4.69) is 9.97 Å². The summed E-state index contributed by atoms with van der Waals surface area (Å²) in [4.78, 5) is 18.7. The van der Waals surface area contributed by atoms with Gasteiger partial charge in [-0.3, -0.25) is 4.79 Å². The lowest BCUT2D eigenvalue weighted by atomic mass is 10.3. The molecule has 86 valence electrons. The number of nitrogens with zero attached hydrogens (tertiary/aromatic N) is 2. The van der Waals surface area contributed by atoms with Crippen LogP contribution in [-0.2, 0) is 0 Å². The minimum absolute atomic E-state index is 0.191. The average Bonchev–Trinajstić information content (AvgIpc) is 2.33. The van der Waals surface area contributed by atoms with Crippen LogP contribution in [0.3, 0.4) is 0 Å². The van der Waals surface area contributed by atoms with Crippen molar-refractivity contribution < 1.29 is 13.9 Å². The van der Waals surface area contributed by atoms with Gasteiger partial charge in [0.05, 0.1) is 12.4 Å². The van der Waals surface area contributed by atoms with Gasteiger partial charge < -0.3 is 4.74 Å². The second-order valence-electron chi connectivity index (χ2n) is 3.07. The molecular weight excluding hydrogens is 338 g/mol.